The van der Waals surface area contributed by atoms with Crippen molar-refractivity contribution in [1.29, 1.82) is 0 Å². The summed E-state index contributed by atoms with van der Waals surface area (Å²) in [4.78, 5) is 29.6. The van der Waals surface area contributed by atoms with E-state index >= 15 is 0 Å². The standard InChI is InChI=1S/C20H31N3O4S/c1-13(2)6-8-22-9-7-14(3)18(19(22)24)20(25)23-10-15-16(21(4)5)12-28(26,27)17(15)11-23/h7,9,13,15-17H,6,8,10-12H2,1-5H3/t15-,16+,17-/m0/s1. The molecule has 0 radical (unpaired) electrons. The van der Waals surface area contributed by atoms with Crippen LogP contribution in [0.25, 0.3) is 0 Å². The van der Waals surface area contributed by atoms with Crippen LogP contribution in [0.15, 0.2) is 17.1 Å². The molecule has 0 bridgehead atoms. The van der Waals surface area contributed by atoms with E-state index in [1.54, 1.807) is 28.7 Å². The van der Waals surface area contributed by atoms with Crippen molar-refractivity contribution in [3.05, 3.63) is 33.7 Å². The molecule has 0 spiro atoms. The molecule has 1 aromatic rings. The fraction of sp³-hybridized carbons (Fsp3) is 0.700. The first-order valence-corrected chi connectivity index (χ1v) is 11.6. The van der Waals surface area contributed by atoms with E-state index in [2.05, 4.69) is 13.8 Å². The minimum Gasteiger partial charge on any atom is -0.337 e. The van der Waals surface area contributed by atoms with E-state index in [0.717, 1.165) is 6.42 Å². The van der Waals surface area contributed by atoms with Crippen molar-refractivity contribution >= 4 is 15.7 Å². The average molecular weight is 410 g/mol. The summed E-state index contributed by atoms with van der Waals surface area (Å²) in [5.41, 5.74) is 0.527. The second kappa shape index (κ2) is 7.63. The normalized spacial score (nSPS) is 26.2. The number of sulfone groups is 1. The molecular formula is C20H31N3O4S. The molecule has 3 rings (SSSR count). The predicted molar refractivity (Wildman–Crippen MR) is 109 cm³/mol. The molecule has 0 unspecified atom stereocenters. The number of hydrogen-bond acceptors (Lipinski definition) is 5. The van der Waals surface area contributed by atoms with Crippen LogP contribution in [0.1, 0.15) is 36.2 Å². The van der Waals surface area contributed by atoms with E-state index in [9.17, 15) is 18.0 Å². The quantitative estimate of drug-likeness (QED) is 0.725. The number of likely N-dealkylation sites (tertiary alicyclic amines) is 1. The van der Waals surface area contributed by atoms with Crippen molar-refractivity contribution < 1.29 is 13.2 Å². The lowest BCUT2D eigenvalue weighted by Crippen LogP contribution is -2.40. The van der Waals surface area contributed by atoms with Crippen LogP contribution in [0.3, 0.4) is 0 Å². The van der Waals surface area contributed by atoms with Gasteiger partial charge in [0.2, 0.25) is 0 Å². The molecule has 3 heterocycles. The van der Waals surface area contributed by atoms with Crippen molar-refractivity contribution in [2.24, 2.45) is 11.8 Å². The number of hydrogen-bond donors (Lipinski definition) is 0. The highest BCUT2D eigenvalue weighted by Crippen LogP contribution is 2.36. The second-order valence-corrected chi connectivity index (χ2v) is 11.1. The van der Waals surface area contributed by atoms with E-state index in [1.807, 2.05) is 19.0 Å². The van der Waals surface area contributed by atoms with Gasteiger partial charge in [0.1, 0.15) is 5.56 Å². The van der Waals surface area contributed by atoms with Crippen LogP contribution in [0.4, 0.5) is 0 Å². The van der Waals surface area contributed by atoms with Gasteiger partial charge in [0.15, 0.2) is 9.84 Å². The van der Waals surface area contributed by atoms with E-state index in [1.165, 1.54) is 0 Å². The van der Waals surface area contributed by atoms with Crippen molar-refractivity contribution in [2.75, 3.05) is 32.9 Å². The maximum Gasteiger partial charge on any atom is 0.263 e. The van der Waals surface area contributed by atoms with Gasteiger partial charge in [0.05, 0.1) is 11.0 Å². The third-order valence-electron chi connectivity index (χ3n) is 6.15. The summed E-state index contributed by atoms with van der Waals surface area (Å²) >= 11 is 0. The van der Waals surface area contributed by atoms with Crippen LogP contribution >= 0.6 is 0 Å². The van der Waals surface area contributed by atoms with Gasteiger partial charge in [-0.15, -0.1) is 0 Å². The maximum atomic E-state index is 13.2. The molecule has 8 heteroatoms. The Labute approximate surface area is 167 Å². The molecule has 2 fully saturated rings. The van der Waals surface area contributed by atoms with E-state index < -0.39 is 15.1 Å². The molecule has 0 aromatic carbocycles. The molecule has 3 atom stereocenters. The predicted octanol–water partition coefficient (Wildman–Crippen LogP) is 1.00. The van der Waals surface area contributed by atoms with E-state index in [4.69, 9.17) is 0 Å². The van der Waals surface area contributed by atoms with Gasteiger partial charge in [-0.05, 0) is 45.0 Å². The van der Waals surface area contributed by atoms with Gasteiger partial charge < -0.3 is 14.4 Å². The molecule has 156 valence electrons. The van der Waals surface area contributed by atoms with Crippen molar-refractivity contribution in [2.45, 2.75) is 45.0 Å². The molecule has 2 aliphatic heterocycles. The lowest BCUT2D eigenvalue weighted by molar-refractivity contribution is 0.0776. The number of rotatable bonds is 5. The van der Waals surface area contributed by atoms with Crippen LogP contribution in [0.2, 0.25) is 0 Å². The molecule has 0 aliphatic carbocycles. The number of nitrogens with zero attached hydrogens (tertiary/aromatic N) is 3. The van der Waals surface area contributed by atoms with Gasteiger partial charge in [-0.2, -0.15) is 0 Å². The highest BCUT2D eigenvalue weighted by molar-refractivity contribution is 7.92. The number of fused-ring (bicyclic) bond motifs is 1. The highest BCUT2D eigenvalue weighted by Gasteiger charge is 2.53. The first-order valence-electron chi connectivity index (χ1n) is 9.90. The SMILES string of the molecule is Cc1ccn(CCC(C)C)c(=O)c1C(=O)N1C[C@H]2[C@H](N(C)C)CS(=O)(=O)[C@H]2C1. The minimum atomic E-state index is -3.23. The zero-order valence-electron chi connectivity index (χ0n) is 17.4. The van der Waals surface area contributed by atoms with Crippen LogP contribution < -0.4 is 5.56 Å². The molecular weight excluding hydrogens is 378 g/mol. The molecule has 2 saturated heterocycles. The molecule has 7 nitrogen and oxygen atoms in total. The summed E-state index contributed by atoms with van der Waals surface area (Å²) in [6, 6.07) is 1.71. The zero-order chi connectivity index (χ0) is 20.8. The Morgan fingerprint density at radius 3 is 2.57 bits per heavy atom. The number of pyridine rings is 1. The van der Waals surface area contributed by atoms with Gasteiger partial charge in [-0.25, -0.2) is 8.42 Å². The zero-order valence-corrected chi connectivity index (χ0v) is 18.2. The first-order chi connectivity index (χ1) is 13.0. The molecule has 0 saturated carbocycles. The molecule has 1 aromatic heterocycles. The first kappa shape index (κ1) is 21.0. The Balaban J connectivity index is 1.88. The summed E-state index contributed by atoms with van der Waals surface area (Å²) in [5, 5.41) is -0.531. The Morgan fingerprint density at radius 1 is 1.29 bits per heavy atom. The molecule has 28 heavy (non-hydrogen) atoms. The van der Waals surface area contributed by atoms with E-state index in [0.29, 0.717) is 24.6 Å². The Kier molecular flexibility index (Phi) is 5.74. The third kappa shape index (κ3) is 3.76. The number of carbonyl (C=O) groups is 1. The number of aromatic nitrogens is 1. The van der Waals surface area contributed by atoms with Gasteiger partial charge in [-0.3, -0.25) is 9.59 Å². The summed E-state index contributed by atoms with van der Waals surface area (Å²) in [7, 11) is 0.521. The summed E-state index contributed by atoms with van der Waals surface area (Å²) in [6.07, 6.45) is 2.59. The smallest absolute Gasteiger partial charge is 0.263 e. The largest absolute Gasteiger partial charge is 0.337 e. The topological polar surface area (TPSA) is 79.7 Å². The van der Waals surface area contributed by atoms with Crippen LogP contribution in [0.5, 0.6) is 0 Å². The van der Waals surface area contributed by atoms with Crippen LogP contribution in [0, 0.1) is 18.8 Å². The number of amides is 1. The van der Waals surface area contributed by atoms with E-state index in [-0.39, 0.29) is 41.3 Å². The van der Waals surface area contributed by atoms with Gasteiger partial charge >= 0.3 is 0 Å². The maximum absolute atomic E-state index is 13.2. The second-order valence-electron chi connectivity index (χ2n) is 8.83. The summed E-state index contributed by atoms with van der Waals surface area (Å²) in [5.74, 6) is 0.155. The van der Waals surface area contributed by atoms with Crippen LogP contribution in [-0.4, -0.2) is 72.9 Å². The monoisotopic (exact) mass is 409 g/mol. The van der Waals surface area contributed by atoms with Crippen molar-refractivity contribution in [3.63, 3.8) is 0 Å². The fourth-order valence-corrected chi connectivity index (χ4v) is 6.86. The van der Waals surface area contributed by atoms with Crippen molar-refractivity contribution in [1.82, 2.24) is 14.4 Å². The highest BCUT2D eigenvalue weighted by atomic mass is 32.2. The number of carbonyl (C=O) groups excluding carboxylic acids is 1. The third-order valence-corrected chi connectivity index (χ3v) is 8.38. The Hall–Kier alpha value is -1.67. The van der Waals surface area contributed by atoms with Gasteiger partial charge in [0, 0.05) is 37.8 Å². The average Bonchev–Trinajstić information content (AvgIpc) is 3.13. The Morgan fingerprint density at radius 2 is 1.96 bits per heavy atom. The van der Waals surface area contributed by atoms with Gasteiger partial charge in [-0.1, -0.05) is 13.8 Å². The lowest BCUT2D eigenvalue weighted by Gasteiger charge is -2.25. The lowest BCUT2D eigenvalue weighted by atomic mass is 10.00. The van der Waals surface area contributed by atoms with Crippen molar-refractivity contribution in [3.8, 4) is 0 Å². The number of aryl methyl sites for hydroxylation is 2. The Bertz CT molecular complexity index is 920. The molecule has 0 N–H and O–H groups in total. The van der Waals surface area contributed by atoms with Crippen LogP contribution in [-0.2, 0) is 16.4 Å². The summed E-state index contributed by atoms with van der Waals surface area (Å²) in [6.45, 7) is 7.07. The fourth-order valence-electron chi connectivity index (χ4n) is 4.39. The summed E-state index contributed by atoms with van der Waals surface area (Å²) < 4.78 is 26.7. The molecule has 2 aliphatic rings. The molecule has 1 amide bonds. The minimum absolute atomic E-state index is 0.0904. The van der Waals surface area contributed by atoms with Gasteiger partial charge in [0.25, 0.3) is 11.5 Å².